The van der Waals surface area contributed by atoms with E-state index in [2.05, 4.69) is 10.6 Å². The summed E-state index contributed by atoms with van der Waals surface area (Å²) in [6.07, 6.45) is 1.81. The highest BCUT2D eigenvalue weighted by Gasteiger charge is 2.27. The second kappa shape index (κ2) is 9.23. The van der Waals surface area contributed by atoms with Crippen LogP contribution in [-0.4, -0.2) is 61.0 Å². The number of rotatable bonds is 3. The largest absolute Gasteiger partial charge is 0.447 e. The number of ether oxygens (including phenoxy) is 2. The Morgan fingerprint density at radius 3 is 2.70 bits per heavy atom. The highest BCUT2D eigenvalue weighted by atomic mass is 16.6. The van der Waals surface area contributed by atoms with Crippen LogP contribution in [-0.2, 0) is 9.47 Å². The summed E-state index contributed by atoms with van der Waals surface area (Å²) < 4.78 is 10.4. The van der Waals surface area contributed by atoms with Gasteiger partial charge in [-0.1, -0.05) is 6.07 Å². The highest BCUT2D eigenvalue weighted by molar-refractivity contribution is 5.93. The molecule has 1 unspecified atom stereocenters. The van der Waals surface area contributed by atoms with Gasteiger partial charge in [-0.2, -0.15) is 0 Å². The van der Waals surface area contributed by atoms with Gasteiger partial charge in [0.05, 0.1) is 6.54 Å². The first-order chi connectivity index (χ1) is 14.2. The number of hydrogen-bond donors (Lipinski definition) is 2. The Hall–Kier alpha value is -2.97. The fourth-order valence-electron chi connectivity index (χ4n) is 3.48. The summed E-state index contributed by atoms with van der Waals surface area (Å²) in [5.41, 5.74) is 0.680. The van der Waals surface area contributed by atoms with Crippen molar-refractivity contribution in [2.75, 3.05) is 36.5 Å². The Kier molecular flexibility index (Phi) is 6.69. The van der Waals surface area contributed by atoms with Crippen LogP contribution in [0.3, 0.4) is 0 Å². The second-order valence-electron chi connectivity index (χ2n) is 8.53. The lowest BCUT2D eigenvalue weighted by Gasteiger charge is -2.28. The molecule has 9 nitrogen and oxygen atoms in total. The van der Waals surface area contributed by atoms with Gasteiger partial charge in [0.2, 0.25) is 0 Å². The Labute approximate surface area is 176 Å². The number of hydrogen-bond acceptors (Lipinski definition) is 5. The minimum atomic E-state index is -0.559. The quantitative estimate of drug-likeness (QED) is 0.782. The molecule has 3 rings (SSSR count). The first-order valence-corrected chi connectivity index (χ1v) is 10.3. The van der Waals surface area contributed by atoms with Crippen molar-refractivity contribution in [1.82, 2.24) is 10.2 Å². The van der Waals surface area contributed by atoms with Crippen molar-refractivity contribution >= 4 is 29.6 Å². The number of nitrogens with zero attached hydrogens (tertiary/aromatic N) is 2. The fraction of sp³-hybridized carbons (Fsp3) is 0.571. The molecular formula is C21H30N4O5. The SMILES string of the molecule is CC(C)(C)OC(=O)N1CCCCC(NC(=O)Nc2cccc(N3CCOC3=O)c2)C1. The van der Waals surface area contributed by atoms with Crippen LogP contribution in [0.2, 0.25) is 0 Å². The van der Waals surface area contributed by atoms with E-state index in [1.807, 2.05) is 20.8 Å². The van der Waals surface area contributed by atoms with Crippen molar-refractivity contribution in [3.8, 4) is 0 Å². The Morgan fingerprint density at radius 1 is 1.20 bits per heavy atom. The molecule has 4 amide bonds. The molecule has 0 aliphatic carbocycles. The molecule has 2 saturated heterocycles. The molecule has 1 atom stereocenters. The zero-order chi connectivity index (χ0) is 21.7. The zero-order valence-electron chi connectivity index (χ0n) is 17.8. The van der Waals surface area contributed by atoms with E-state index in [1.165, 1.54) is 4.90 Å². The van der Waals surface area contributed by atoms with Gasteiger partial charge < -0.3 is 25.0 Å². The summed E-state index contributed by atoms with van der Waals surface area (Å²) in [5, 5.41) is 5.76. The van der Waals surface area contributed by atoms with Crippen molar-refractivity contribution in [1.29, 1.82) is 0 Å². The molecule has 0 radical (unpaired) electrons. The maximum Gasteiger partial charge on any atom is 0.414 e. The molecule has 0 spiro atoms. The molecule has 30 heavy (non-hydrogen) atoms. The lowest BCUT2D eigenvalue weighted by Crippen LogP contribution is -2.47. The maximum atomic E-state index is 12.5. The molecule has 2 N–H and O–H groups in total. The Morgan fingerprint density at radius 2 is 2.00 bits per heavy atom. The average molecular weight is 418 g/mol. The van der Waals surface area contributed by atoms with Gasteiger partial charge >= 0.3 is 18.2 Å². The lowest BCUT2D eigenvalue weighted by atomic mass is 10.1. The van der Waals surface area contributed by atoms with Crippen molar-refractivity contribution < 1.29 is 23.9 Å². The molecular weight excluding hydrogens is 388 g/mol. The van der Waals surface area contributed by atoms with Crippen LogP contribution < -0.4 is 15.5 Å². The van der Waals surface area contributed by atoms with Crippen LogP contribution in [0.5, 0.6) is 0 Å². The summed E-state index contributed by atoms with van der Waals surface area (Å²) in [6, 6.07) is 6.52. The average Bonchev–Trinajstić information content (AvgIpc) is 2.94. The fourth-order valence-corrected chi connectivity index (χ4v) is 3.48. The van der Waals surface area contributed by atoms with Gasteiger partial charge in [-0.25, -0.2) is 14.4 Å². The number of urea groups is 1. The first-order valence-electron chi connectivity index (χ1n) is 10.3. The number of likely N-dealkylation sites (tertiary alicyclic amines) is 1. The molecule has 164 valence electrons. The zero-order valence-corrected chi connectivity index (χ0v) is 17.8. The molecule has 2 heterocycles. The molecule has 2 aliphatic rings. The minimum absolute atomic E-state index is 0.170. The van der Waals surface area contributed by atoms with Gasteiger partial charge in [-0.3, -0.25) is 4.90 Å². The predicted molar refractivity (Wildman–Crippen MR) is 113 cm³/mol. The van der Waals surface area contributed by atoms with Gasteiger partial charge in [0, 0.05) is 30.5 Å². The number of carbonyl (C=O) groups excluding carboxylic acids is 3. The summed E-state index contributed by atoms with van der Waals surface area (Å²) >= 11 is 0. The second-order valence-corrected chi connectivity index (χ2v) is 8.53. The number of benzene rings is 1. The van der Waals surface area contributed by atoms with E-state index in [0.29, 0.717) is 37.6 Å². The molecule has 1 aromatic carbocycles. The maximum absolute atomic E-state index is 12.5. The third-order valence-electron chi connectivity index (χ3n) is 4.83. The molecule has 2 fully saturated rings. The van der Waals surface area contributed by atoms with E-state index < -0.39 is 11.7 Å². The van der Waals surface area contributed by atoms with Gasteiger partial charge in [0.15, 0.2) is 0 Å². The molecule has 0 bridgehead atoms. The summed E-state index contributed by atoms with van der Waals surface area (Å²) in [4.78, 5) is 39.9. The summed E-state index contributed by atoms with van der Waals surface area (Å²) in [5.74, 6) is 0. The third-order valence-corrected chi connectivity index (χ3v) is 4.83. The van der Waals surface area contributed by atoms with Crippen molar-refractivity contribution in [2.24, 2.45) is 0 Å². The number of anilines is 2. The smallest absolute Gasteiger partial charge is 0.414 e. The predicted octanol–water partition coefficient (Wildman–Crippen LogP) is 3.55. The molecule has 2 aliphatic heterocycles. The van der Waals surface area contributed by atoms with Gasteiger partial charge in [-0.05, 0) is 58.2 Å². The van der Waals surface area contributed by atoms with Crippen molar-refractivity contribution in [3.63, 3.8) is 0 Å². The van der Waals surface area contributed by atoms with Crippen molar-refractivity contribution in [2.45, 2.75) is 51.7 Å². The topological polar surface area (TPSA) is 100 Å². The lowest BCUT2D eigenvalue weighted by molar-refractivity contribution is 0.0245. The van der Waals surface area contributed by atoms with E-state index in [0.717, 1.165) is 19.3 Å². The third kappa shape index (κ3) is 6.01. The van der Waals surface area contributed by atoms with Crippen LogP contribution in [0.1, 0.15) is 40.0 Å². The van der Waals surface area contributed by atoms with Crippen molar-refractivity contribution in [3.05, 3.63) is 24.3 Å². The highest BCUT2D eigenvalue weighted by Crippen LogP contribution is 2.22. The van der Waals surface area contributed by atoms with E-state index in [1.54, 1.807) is 29.2 Å². The van der Waals surface area contributed by atoms with E-state index in [9.17, 15) is 14.4 Å². The van der Waals surface area contributed by atoms with E-state index >= 15 is 0 Å². The van der Waals surface area contributed by atoms with E-state index in [-0.39, 0.29) is 18.2 Å². The number of amides is 4. The Balaban J connectivity index is 1.57. The number of cyclic esters (lactones) is 1. The van der Waals surface area contributed by atoms with Gasteiger partial charge in [-0.15, -0.1) is 0 Å². The summed E-state index contributed by atoms with van der Waals surface area (Å²) in [6.45, 7) is 7.36. The number of nitrogens with one attached hydrogen (secondary N) is 2. The van der Waals surface area contributed by atoms with Crippen LogP contribution in [0.25, 0.3) is 0 Å². The molecule has 9 heteroatoms. The van der Waals surface area contributed by atoms with Crippen LogP contribution >= 0.6 is 0 Å². The van der Waals surface area contributed by atoms with Crippen LogP contribution in [0.15, 0.2) is 24.3 Å². The normalized spacial score (nSPS) is 19.7. The monoisotopic (exact) mass is 418 g/mol. The number of carbonyl (C=O) groups is 3. The van der Waals surface area contributed by atoms with E-state index in [4.69, 9.17) is 9.47 Å². The minimum Gasteiger partial charge on any atom is -0.447 e. The Bertz CT molecular complexity index is 792. The molecule has 0 saturated carbocycles. The first kappa shape index (κ1) is 21.7. The van der Waals surface area contributed by atoms with Crippen LogP contribution in [0, 0.1) is 0 Å². The standard InChI is InChI=1S/C21H30N4O5/c1-21(2,3)30-19(27)24-10-5-4-7-16(14-24)23-18(26)22-15-8-6-9-17(13-15)25-11-12-29-20(25)28/h6,8-9,13,16H,4-5,7,10-12,14H2,1-3H3,(H2,22,23,26). The van der Waals surface area contributed by atoms with Gasteiger partial charge in [0.25, 0.3) is 0 Å². The van der Waals surface area contributed by atoms with Gasteiger partial charge in [0.1, 0.15) is 12.2 Å². The van der Waals surface area contributed by atoms with Crippen LogP contribution in [0.4, 0.5) is 25.8 Å². The summed E-state index contributed by atoms with van der Waals surface area (Å²) in [7, 11) is 0. The molecule has 1 aromatic rings. The molecule has 0 aromatic heterocycles.